The number of carbonyl (C=O) groups is 3. The van der Waals surface area contributed by atoms with Crippen LogP contribution in [0.3, 0.4) is 0 Å². The van der Waals surface area contributed by atoms with Gasteiger partial charge in [-0.15, -0.1) is 0 Å². The average Bonchev–Trinajstić information content (AvgIpc) is 2.52. The van der Waals surface area contributed by atoms with Crippen LogP contribution in [0.4, 0.5) is 5.69 Å². The van der Waals surface area contributed by atoms with Crippen molar-refractivity contribution in [2.45, 2.75) is 33.6 Å². The largest absolute Gasteiger partial charge is 0.354 e. The van der Waals surface area contributed by atoms with Gasteiger partial charge in [0.1, 0.15) is 0 Å². The number of amides is 3. The van der Waals surface area contributed by atoms with Crippen LogP contribution < -0.4 is 16.0 Å². The molecule has 0 radical (unpaired) electrons. The summed E-state index contributed by atoms with van der Waals surface area (Å²) in [5.74, 6) is -0.380. The van der Waals surface area contributed by atoms with Crippen molar-refractivity contribution < 1.29 is 14.4 Å². The Hall–Kier alpha value is -2.37. The molecule has 3 amide bonds. The zero-order chi connectivity index (χ0) is 17.2. The van der Waals surface area contributed by atoms with Crippen LogP contribution >= 0.6 is 0 Å². The summed E-state index contributed by atoms with van der Waals surface area (Å²) in [7, 11) is 0. The number of benzene rings is 1. The average molecular weight is 319 g/mol. The first kappa shape index (κ1) is 18.7. The Balaban J connectivity index is 2.39. The van der Waals surface area contributed by atoms with Gasteiger partial charge in [-0.3, -0.25) is 14.4 Å². The van der Waals surface area contributed by atoms with Gasteiger partial charge in [-0.05, 0) is 30.7 Å². The molecule has 1 aromatic rings. The monoisotopic (exact) mass is 319 g/mol. The summed E-state index contributed by atoms with van der Waals surface area (Å²) in [6, 6.07) is 6.69. The van der Waals surface area contributed by atoms with E-state index < -0.39 is 0 Å². The topological polar surface area (TPSA) is 87.3 Å². The van der Waals surface area contributed by atoms with E-state index in [1.807, 2.05) is 20.8 Å². The Labute approximate surface area is 137 Å². The maximum Gasteiger partial charge on any atom is 0.251 e. The van der Waals surface area contributed by atoms with E-state index in [9.17, 15) is 14.4 Å². The van der Waals surface area contributed by atoms with E-state index in [0.29, 0.717) is 30.8 Å². The van der Waals surface area contributed by atoms with Crippen molar-refractivity contribution in [3.8, 4) is 0 Å². The van der Waals surface area contributed by atoms with Gasteiger partial charge in [0.05, 0.1) is 0 Å². The summed E-state index contributed by atoms with van der Waals surface area (Å²) in [6.07, 6.45) is 1.30. The van der Waals surface area contributed by atoms with Gasteiger partial charge >= 0.3 is 0 Å². The SMILES string of the molecule is CCCC(=O)NCCNC(=O)c1ccc(NC(=O)C(C)C)cc1. The Morgan fingerprint density at radius 3 is 2.17 bits per heavy atom. The van der Waals surface area contributed by atoms with Crippen LogP contribution in [0.15, 0.2) is 24.3 Å². The Morgan fingerprint density at radius 1 is 1.00 bits per heavy atom. The van der Waals surface area contributed by atoms with Crippen molar-refractivity contribution in [1.82, 2.24) is 10.6 Å². The fourth-order valence-corrected chi connectivity index (χ4v) is 1.79. The molecule has 6 nitrogen and oxygen atoms in total. The third kappa shape index (κ3) is 6.95. The third-order valence-corrected chi connectivity index (χ3v) is 3.15. The molecule has 1 rings (SSSR count). The number of nitrogens with one attached hydrogen (secondary N) is 3. The summed E-state index contributed by atoms with van der Waals surface area (Å²) in [5.41, 5.74) is 1.17. The van der Waals surface area contributed by atoms with Gasteiger partial charge in [-0.25, -0.2) is 0 Å². The highest BCUT2D eigenvalue weighted by molar-refractivity contribution is 5.96. The fraction of sp³-hybridized carbons (Fsp3) is 0.471. The van der Waals surface area contributed by atoms with Crippen LogP contribution in [0, 0.1) is 5.92 Å². The van der Waals surface area contributed by atoms with Gasteiger partial charge in [0.2, 0.25) is 11.8 Å². The minimum Gasteiger partial charge on any atom is -0.354 e. The van der Waals surface area contributed by atoms with E-state index in [4.69, 9.17) is 0 Å². The van der Waals surface area contributed by atoms with Crippen molar-refractivity contribution >= 4 is 23.4 Å². The molecule has 1 aromatic carbocycles. The van der Waals surface area contributed by atoms with Crippen LogP contribution in [0.5, 0.6) is 0 Å². The van der Waals surface area contributed by atoms with Crippen molar-refractivity contribution in [3.63, 3.8) is 0 Å². The highest BCUT2D eigenvalue weighted by Gasteiger charge is 2.08. The second-order valence-electron chi connectivity index (χ2n) is 5.58. The summed E-state index contributed by atoms with van der Waals surface area (Å²) in [6.45, 7) is 6.36. The first-order valence-electron chi connectivity index (χ1n) is 7.89. The van der Waals surface area contributed by atoms with E-state index in [2.05, 4.69) is 16.0 Å². The number of hydrogen-bond donors (Lipinski definition) is 3. The number of carbonyl (C=O) groups excluding carboxylic acids is 3. The van der Waals surface area contributed by atoms with Gasteiger partial charge in [-0.1, -0.05) is 20.8 Å². The lowest BCUT2D eigenvalue weighted by Gasteiger charge is -2.09. The minimum atomic E-state index is -0.212. The quantitative estimate of drug-likeness (QED) is 0.640. The van der Waals surface area contributed by atoms with Crippen molar-refractivity contribution in [3.05, 3.63) is 29.8 Å². The molecule has 0 unspecified atom stereocenters. The lowest BCUT2D eigenvalue weighted by atomic mass is 10.1. The Morgan fingerprint density at radius 2 is 1.61 bits per heavy atom. The molecule has 0 saturated carbocycles. The lowest BCUT2D eigenvalue weighted by Crippen LogP contribution is -2.34. The molecule has 0 bridgehead atoms. The molecule has 0 aromatic heterocycles. The molecule has 0 heterocycles. The van der Waals surface area contributed by atoms with Gasteiger partial charge in [0, 0.05) is 36.7 Å². The van der Waals surface area contributed by atoms with E-state index in [1.54, 1.807) is 24.3 Å². The normalized spacial score (nSPS) is 10.3. The van der Waals surface area contributed by atoms with Gasteiger partial charge in [0.15, 0.2) is 0 Å². The first-order chi connectivity index (χ1) is 10.9. The Bertz CT molecular complexity index is 539. The maximum absolute atomic E-state index is 11.9. The predicted molar refractivity (Wildman–Crippen MR) is 90.2 cm³/mol. The van der Waals surface area contributed by atoms with E-state index in [-0.39, 0.29) is 23.6 Å². The van der Waals surface area contributed by atoms with Crippen LogP contribution in [0.2, 0.25) is 0 Å². The van der Waals surface area contributed by atoms with Gasteiger partial charge in [0.25, 0.3) is 5.91 Å². The van der Waals surface area contributed by atoms with E-state index in [0.717, 1.165) is 6.42 Å². The molecule has 3 N–H and O–H groups in total. The number of hydrogen-bond acceptors (Lipinski definition) is 3. The van der Waals surface area contributed by atoms with Gasteiger partial charge < -0.3 is 16.0 Å². The summed E-state index contributed by atoms with van der Waals surface area (Å²) < 4.78 is 0. The van der Waals surface area contributed by atoms with Crippen molar-refractivity contribution in [2.24, 2.45) is 5.92 Å². The van der Waals surface area contributed by atoms with E-state index in [1.165, 1.54) is 0 Å². The second kappa shape index (κ2) is 9.61. The van der Waals surface area contributed by atoms with E-state index >= 15 is 0 Å². The molecule has 0 saturated heterocycles. The highest BCUT2D eigenvalue weighted by atomic mass is 16.2. The van der Waals surface area contributed by atoms with Crippen LogP contribution in [0.1, 0.15) is 44.0 Å². The van der Waals surface area contributed by atoms with Crippen molar-refractivity contribution in [2.75, 3.05) is 18.4 Å². The molecule has 23 heavy (non-hydrogen) atoms. The smallest absolute Gasteiger partial charge is 0.251 e. The fourth-order valence-electron chi connectivity index (χ4n) is 1.79. The molecule has 0 aliphatic carbocycles. The summed E-state index contributed by atoms with van der Waals surface area (Å²) >= 11 is 0. The molecule has 0 fully saturated rings. The zero-order valence-corrected chi connectivity index (χ0v) is 13.9. The first-order valence-corrected chi connectivity index (χ1v) is 7.89. The number of rotatable bonds is 8. The molecule has 6 heteroatoms. The summed E-state index contributed by atoms with van der Waals surface area (Å²) in [4.78, 5) is 34.8. The molecular formula is C17H25N3O3. The lowest BCUT2D eigenvalue weighted by molar-refractivity contribution is -0.121. The third-order valence-electron chi connectivity index (χ3n) is 3.15. The molecule has 0 atom stereocenters. The molecule has 126 valence electrons. The zero-order valence-electron chi connectivity index (χ0n) is 13.9. The molecule has 0 aliphatic rings. The predicted octanol–water partition coefficient (Wildman–Crippen LogP) is 1.93. The number of anilines is 1. The Kier molecular flexibility index (Phi) is 7.80. The van der Waals surface area contributed by atoms with Crippen molar-refractivity contribution in [1.29, 1.82) is 0 Å². The van der Waals surface area contributed by atoms with Crippen LogP contribution in [-0.4, -0.2) is 30.8 Å². The van der Waals surface area contributed by atoms with Crippen LogP contribution in [0.25, 0.3) is 0 Å². The molecule has 0 aliphatic heterocycles. The highest BCUT2D eigenvalue weighted by Crippen LogP contribution is 2.10. The second-order valence-corrected chi connectivity index (χ2v) is 5.58. The molecular weight excluding hydrogens is 294 g/mol. The standard InChI is InChI=1S/C17H25N3O3/c1-4-5-15(21)18-10-11-19-17(23)13-6-8-14(9-7-13)20-16(22)12(2)3/h6-9,12H,4-5,10-11H2,1-3H3,(H,18,21)(H,19,23)(H,20,22). The van der Waals surface area contributed by atoms with Crippen LogP contribution in [-0.2, 0) is 9.59 Å². The molecule has 0 spiro atoms. The van der Waals surface area contributed by atoms with Gasteiger partial charge in [-0.2, -0.15) is 0 Å². The maximum atomic E-state index is 11.9. The minimum absolute atomic E-state index is 0.00741. The summed E-state index contributed by atoms with van der Waals surface area (Å²) in [5, 5.41) is 8.23.